The van der Waals surface area contributed by atoms with Crippen molar-refractivity contribution in [2.45, 2.75) is 45.3 Å². The van der Waals surface area contributed by atoms with E-state index in [1.807, 2.05) is 25.7 Å². The molecule has 1 aliphatic rings. The minimum Gasteiger partial charge on any atom is -0.444 e. The first-order valence-corrected chi connectivity index (χ1v) is 6.93. The Hall–Kier alpha value is -0.950. The summed E-state index contributed by atoms with van der Waals surface area (Å²) >= 11 is 0. The van der Waals surface area contributed by atoms with Crippen molar-refractivity contribution in [2.75, 3.05) is 32.7 Å². The lowest BCUT2D eigenvalue weighted by atomic mass is 10.2. The Morgan fingerprint density at radius 1 is 1.25 bits per heavy atom. The molecule has 1 rings (SSSR count). The fourth-order valence-electron chi connectivity index (χ4n) is 1.94. The van der Waals surface area contributed by atoms with Gasteiger partial charge in [0.25, 0.3) is 6.43 Å². The largest absolute Gasteiger partial charge is 0.444 e. The SMILES string of the molecule is CC(C)(C)OC(=O)N1CCN(CCC(N)C(F)F)CC1. The summed E-state index contributed by atoms with van der Waals surface area (Å²) in [7, 11) is 0. The van der Waals surface area contributed by atoms with Crippen LogP contribution in [0.1, 0.15) is 27.2 Å². The maximum atomic E-state index is 12.3. The standard InChI is InChI=1S/C13H25F2N3O2/c1-13(2,3)20-12(19)18-8-6-17(7-9-18)5-4-10(16)11(14)15/h10-11H,4-9,16H2,1-3H3. The van der Waals surface area contributed by atoms with E-state index >= 15 is 0 Å². The highest BCUT2D eigenvalue weighted by atomic mass is 19.3. The third-order valence-electron chi connectivity index (χ3n) is 3.13. The van der Waals surface area contributed by atoms with Crippen LogP contribution in [0, 0.1) is 0 Å². The average molecular weight is 293 g/mol. The van der Waals surface area contributed by atoms with Gasteiger partial charge in [0.15, 0.2) is 0 Å². The van der Waals surface area contributed by atoms with Gasteiger partial charge in [-0.1, -0.05) is 0 Å². The molecule has 1 heterocycles. The highest BCUT2D eigenvalue weighted by Gasteiger charge is 2.26. The van der Waals surface area contributed by atoms with E-state index in [1.54, 1.807) is 4.90 Å². The minimum atomic E-state index is -2.47. The molecule has 118 valence electrons. The molecule has 1 fully saturated rings. The number of ether oxygens (including phenoxy) is 1. The van der Waals surface area contributed by atoms with Crippen LogP contribution in [0.25, 0.3) is 0 Å². The number of carbonyl (C=O) groups excluding carboxylic acids is 1. The molecule has 20 heavy (non-hydrogen) atoms. The monoisotopic (exact) mass is 293 g/mol. The topological polar surface area (TPSA) is 58.8 Å². The highest BCUT2D eigenvalue weighted by Crippen LogP contribution is 2.12. The molecule has 1 atom stereocenters. The number of nitrogens with two attached hydrogens (primary N) is 1. The van der Waals surface area contributed by atoms with Gasteiger partial charge in [-0.05, 0) is 33.7 Å². The number of carbonyl (C=O) groups is 1. The Bertz CT molecular complexity index is 313. The molecule has 0 aromatic carbocycles. The molecule has 5 nitrogen and oxygen atoms in total. The van der Waals surface area contributed by atoms with E-state index in [9.17, 15) is 13.6 Å². The number of halogens is 2. The van der Waals surface area contributed by atoms with E-state index < -0.39 is 18.1 Å². The van der Waals surface area contributed by atoms with Gasteiger partial charge in [-0.15, -0.1) is 0 Å². The number of rotatable bonds is 4. The van der Waals surface area contributed by atoms with E-state index in [-0.39, 0.29) is 12.5 Å². The van der Waals surface area contributed by atoms with Crippen molar-refractivity contribution in [1.29, 1.82) is 0 Å². The lowest BCUT2D eigenvalue weighted by molar-refractivity contribution is 0.0138. The van der Waals surface area contributed by atoms with Crippen LogP contribution in [0.15, 0.2) is 0 Å². The van der Waals surface area contributed by atoms with E-state index in [2.05, 4.69) is 0 Å². The summed E-state index contributed by atoms with van der Waals surface area (Å²) in [6, 6.07) is -1.07. The predicted octanol–water partition coefficient (Wildman–Crippen LogP) is 1.52. The zero-order valence-corrected chi connectivity index (χ0v) is 12.4. The molecule has 2 N–H and O–H groups in total. The first-order chi connectivity index (χ1) is 9.19. The molecular weight excluding hydrogens is 268 g/mol. The van der Waals surface area contributed by atoms with E-state index in [0.29, 0.717) is 32.7 Å². The molecule has 0 aromatic heterocycles. The molecule has 0 radical (unpaired) electrons. The fraction of sp³-hybridized carbons (Fsp3) is 0.923. The van der Waals surface area contributed by atoms with Crippen molar-refractivity contribution in [1.82, 2.24) is 9.80 Å². The van der Waals surface area contributed by atoms with Crippen LogP contribution in [0.2, 0.25) is 0 Å². The molecule has 0 aromatic rings. The molecule has 1 unspecified atom stereocenters. The van der Waals surface area contributed by atoms with Crippen LogP contribution in [0.4, 0.5) is 13.6 Å². The average Bonchev–Trinajstić information content (AvgIpc) is 2.34. The van der Waals surface area contributed by atoms with Gasteiger partial charge in [0, 0.05) is 26.2 Å². The fourth-order valence-corrected chi connectivity index (χ4v) is 1.94. The van der Waals surface area contributed by atoms with Gasteiger partial charge in [-0.2, -0.15) is 0 Å². The third-order valence-corrected chi connectivity index (χ3v) is 3.13. The number of hydrogen-bond acceptors (Lipinski definition) is 4. The zero-order chi connectivity index (χ0) is 15.3. The third kappa shape index (κ3) is 6.00. The van der Waals surface area contributed by atoms with Crippen molar-refractivity contribution in [3.8, 4) is 0 Å². The van der Waals surface area contributed by atoms with Gasteiger partial charge in [0.05, 0.1) is 6.04 Å². The van der Waals surface area contributed by atoms with Crippen LogP contribution in [0.3, 0.4) is 0 Å². The summed E-state index contributed by atoms with van der Waals surface area (Å²) < 4.78 is 29.9. The van der Waals surface area contributed by atoms with Gasteiger partial charge in [0.1, 0.15) is 5.60 Å². The van der Waals surface area contributed by atoms with Crippen molar-refractivity contribution in [2.24, 2.45) is 5.73 Å². The lowest BCUT2D eigenvalue weighted by Crippen LogP contribution is -2.50. The Kier molecular flexibility index (Phi) is 6.13. The summed E-state index contributed by atoms with van der Waals surface area (Å²) in [5, 5.41) is 0. The number of amides is 1. The number of alkyl halides is 2. The van der Waals surface area contributed by atoms with E-state index in [0.717, 1.165) is 0 Å². The summed E-state index contributed by atoms with van der Waals surface area (Å²) in [6.45, 7) is 8.45. The van der Waals surface area contributed by atoms with Gasteiger partial charge in [0.2, 0.25) is 0 Å². The second-order valence-corrected chi connectivity index (χ2v) is 6.10. The van der Waals surface area contributed by atoms with Crippen LogP contribution in [-0.2, 0) is 4.74 Å². The van der Waals surface area contributed by atoms with Crippen molar-refractivity contribution in [3.63, 3.8) is 0 Å². The summed E-state index contributed by atoms with van der Waals surface area (Å²) in [4.78, 5) is 15.5. The highest BCUT2D eigenvalue weighted by molar-refractivity contribution is 5.68. The first-order valence-electron chi connectivity index (χ1n) is 6.93. The smallest absolute Gasteiger partial charge is 0.410 e. The maximum Gasteiger partial charge on any atom is 0.410 e. The predicted molar refractivity (Wildman–Crippen MR) is 72.8 cm³/mol. The van der Waals surface area contributed by atoms with Crippen molar-refractivity contribution < 1.29 is 18.3 Å². The summed E-state index contributed by atoms with van der Waals surface area (Å²) in [5.74, 6) is 0. The molecule has 0 aliphatic carbocycles. The van der Waals surface area contributed by atoms with E-state index in [4.69, 9.17) is 10.5 Å². The lowest BCUT2D eigenvalue weighted by Gasteiger charge is -2.35. The molecule has 0 spiro atoms. The molecule has 1 saturated heterocycles. The zero-order valence-electron chi connectivity index (χ0n) is 12.4. The van der Waals surface area contributed by atoms with Crippen molar-refractivity contribution >= 4 is 6.09 Å². The minimum absolute atomic E-state index is 0.268. The Balaban J connectivity index is 2.28. The van der Waals surface area contributed by atoms with E-state index in [1.165, 1.54) is 0 Å². The molecule has 1 aliphatic heterocycles. The second kappa shape index (κ2) is 7.17. The van der Waals surface area contributed by atoms with Crippen LogP contribution in [-0.4, -0.2) is 66.7 Å². The quantitative estimate of drug-likeness (QED) is 0.854. The van der Waals surface area contributed by atoms with Gasteiger partial charge in [-0.25, -0.2) is 13.6 Å². The molecule has 1 amide bonds. The Labute approximate surface area is 119 Å². The number of hydrogen-bond donors (Lipinski definition) is 1. The molecular formula is C13H25F2N3O2. The number of nitrogens with zero attached hydrogens (tertiary/aromatic N) is 2. The number of piperazine rings is 1. The van der Waals surface area contributed by atoms with Gasteiger partial charge >= 0.3 is 6.09 Å². The maximum absolute atomic E-state index is 12.3. The molecule has 0 bridgehead atoms. The molecule has 0 saturated carbocycles. The first kappa shape index (κ1) is 17.1. The van der Waals surface area contributed by atoms with Crippen LogP contribution < -0.4 is 5.73 Å². The Morgan fingerprint density at radius 3 is 2.25 bits per heavy atom. The van der Waals surface area contributed by atoms with Crippen LogP contribution in [0.5, 0.6) is 0 Å². The summed E-state index contributed by atoms with van der Waals surface area (Å²) in [5.41, 5.74) is 4.82. The van der Waals surface area contributed by atoms with Gasteiger partial charge < -0.3 is 15.4 Å². The van der Waals surface area contributed by atoms with Crippen molar-refractivity contribution in [3.05, 3.63) is 0 Å². The molecule has 7 heteroatoms. The normalized spacial score (nSPS) is 19.2. The van der Waals surface area contributed by atoms with Gasteiger partial charge in [-0.3, -0.25) is 4.90 Å². The van der Waals surface area contributed by atoms with Crippen LogP contribution >= 0.6 is 0 Å². The second-order valence-electron chi connectivity index (χ2n) is 6.10. The Morgan fingerprint density at radius 2 is 1.80 bits per heavy atom. The summed E-state index contributed by atoms with van der Waals surface area (Å²) in [6.07, 6.45) is -2.52.